The lowest BCUT2D eigenvalue weighted by atomic mass is 10.1. The first-order valence-electron chi connectivity index (χ1n) is 12.0. The van der Waals surface area contributed by atoms with Crippen molar-refractivity contribution in [1.29, 1.82) is 0 Å². The number of rotatable bonds is 6. The Labute approximate surface area is 233 Å². The molecule has 0 spiro atoms. The summed E-state index contributed by atoms with van der Waals surface area (Å²) in [5.74, 6) is -1.21. The fraction of sp³-hybridized carbons (Fsp3) is 0.833. The fourth-order valence-corrected chi connectivity index (χ4v) is 3.60. The number of nitrogens with zero attached hydrogens (tertiary/aromatic N) is 2. The SMILES string of the molecule is CC(=O)N1CCCC(C(=O)OC(C)(C)C)N1C(C)=O.CC(C)(C)OC(=O)C(Br)CCCBr.CNNC. The Balaban J connectivity index is 0. The molecule has 1 heterocycles. The van der Waals surface area contributed by atoms with Gasteiger partial charge in [0.1, 0.15) is 16.0 Å². The van der Waals surface area contributed by atoms with E-state index in [9.17, 15) is 19.2 Å². The molecule has 0 aliphatic carbocycles. The normalized spacial score (nSPS) is 16.5. The second-order valence-corrected chi connectivity index (χ2v) is 11.9. The summed E-state index contributed by atoms with van der Waals surface area (Å²) in [4.78, 5) is 46.6. The van der Waals surface area contributed by atoms with Crippen molar-refractivity contribution in [2.45, 2.75) is 103 Å². The lowest BCUT2D eigenvalue weighted by Gasteiger charge is -2.42. The van der Waals surface area contributed by atoms with Crippen LogP contribution in [-0.2, 0) is 28.7 Å². The summed E-state index contributed by atoms with van der Waals surface area (Å²) in [6.45, 7) is 14.1. The zero-order chi connectivity index (χ0) is 28.7. The van der Waals surface area contributed by atoms with Gasteiger partial charge in [-0.1, -0.05) is 31.9 Å². The van der Waals surface area contributed by atoms with Crippen LogP contribution in [0.25, 0.3) is 0 Å². The summed E-state index contributed by atoms with van der Waals surface area (Å²) in [5.41, 5.74) is 4.36. The molecule has 2 atom stereocenters. The van der Waals surface area contributed by atoms with Gasteiger partial charge in [-0.05, 0) is 81.3 Å². The Morgan fingerprint density at radius 2 is 1.44 bits per heavy atom. The van der Waals surface area contributed by atoms with E-state index in [1.165, 1.54) is 23.9 Å². The van der Waals surface area contributed by atoms with E-state index in [4.69, 9.17) is 9.47 Å². The number of carbonyl (C=O) groups is 4. The molecule has 0 aromatic rings. The summed E-state index contributed by atoms with van der Waals surface area (Å²) < 4.78 is 10.5. The van der Waals surface area contributed by atoms with E-state index in [0.29, 0.717) is 19.4 Å². The van der Waals surface area contributed by atoms with E-state index in [1.807, 2.05) is 34.9 Å². The fourth-order valence-electron chi connectivity index (χ4n) is 2.86. The number of nitrogens with one attached hydrogen (secondary N) is 2. The Morgan fingerprint density at radius 1 is 0.944 bits per heavy atom. The number of amides is 2. The van der Waals surface area contributed by atoms with Crippen molar-refractivity contribution >= 4 is 55.6 Å². The Bertz CT molecular complexity index is 693. The smallest absolute Gasteiger partial charge is 0.331 e. The molecular weight excluding hydrogens is 600 g/mol. The van der Waals surface area contributed by atoms with E-state index in [2.05, 4.69) is 42.7 Å². The van der Waals surface area contributed by atoms with Gasteiger partial charge in [-0.25, -0.2) is 9.80 Å². The standard InChI is InChI=1S/C13H22N2O4.C9H16Br2O2.C2H8N2/c1-9(16)14-8-6-7-11(15(14)10(2)17)12(18)19-13(3,4)5;1-9(2,3)13-8(12)7(11)5-4-6-10;1-3-4-2/h11H,6-8H2,1-5H3;7H,4-6H2,1-3H3;3-4H,1-2H3. The molecule has 36 heavy (non-hydrogen) atoms. The molecule has 212 valence electrons. The minimum Gasteiger partial charge on any atom is -0.459 e. The van der Waals surface area contributed by atoms with Crippen molar-refractivity contribution in [3.8, 4) is 0 Å². The van der Waals surface area contributed by atoms with E-state index >= 15 is 0 Å². The third-order valence-corrected chi connectivity index (χ3v) is 5.66. The van der Waals surface area contributed by atoms with Crippen molar-refractivity contribution in [3.05, 3.63) is 0 Å². The molecule has 0 bridgehead atoms. The van der Waals surface area contributed by atoms with E-state index < -0.39 is 23.2 Å². The molecule has 1 aliphatic heterocycles. The highest BCUT2D eigenvalue weighted by Crippen LogP contribution is 2.22. The zero-order valence-electron chi connectivity index (χ0n) is 23.5. The Hall–Kier alpha value is -1.24. The maximum absolute atomic E-state index is 12.1. The van der Waals surface area contributed by atoms with Crippen molar-refractivity contribution < 1.29 is 28.7 Å². The molecule has 1 rings (SSSR count). The summed E-state index contributed by atoms with van der Waals surface area (Å²) >= 11 is 6.62. The second-order valence-electron chi connectivity index (χ2n) is 10.0. The summed E-state index contributed by atoms with van der Waals surface area (Å²) in [5, 5.41) is 3.46. The van der Waals surface area contributed by atoms with Crippen molar-refractivity contribution in [3.63, 3.8) is 0 Å². The molecule has 1 aliphatic rings. The van der Waals surface area contributed by atoms with Crippen LogP contribution in [0.4, 0.5) is 0 Å². The summed E-state index contributed by atoms with van der Waals surface area (Å²) in [6.07, 6.45) is 2.96. The lowest BCUT2D eigenvalue weighted by molar-refractivity contribution is -0.187. The number of halogens is 2. The van der Waals surface area contributed by atoms with Gasteiger partial charge in [0.05, 0.1) is 0 Å². The van der Waals surface area contributed by atoms with Crippen LogP contribution in [0.2, 0.25) is 0 Å². The van der Waals surface area contributed by atoms with Gasteiger partial charge in [0.25, 0.3) is 0 Å². The highest BCUT2D eigenvalue weighted by Gasteiger charge is 2.39. The number of ether oxygens (including phenoxy) is 2. The first-order chi connectivity index (χ1) is 16.4. The average molecular weight is 646 g/mol. The maximum atomic E-state index is 12.1. The number of alkyl halides is 2. The van der Waals surface area contributed by atoms with Gasteiger partial charge in [0.2, 0.25) is 11.8 Å². The number of hydrazine groups is 2. The zero-order valence-corrected chi connectivity index (χ0v) is 26.7. The van der Waals surface area contributed by atoms with E-state index in [1.54, 1.807) is 20.8 Å². The molecule has 0 aromatic carbocycles. The van der Waals surface area contributed by atoms with Crippen LogP contribution >= 0.6 is 31.9 Å². The first-order valence-corrected chi connectivity index (χ1v) is 14.0. The number of hydrogen-bond donors (Lipinski definition) is 2. The number of hydrogen-bond acceptors (Lipinski definition) is 8. The molecule has 2 unspecified atom stereocenters. The van der Waals surface area contributed by atoms with Crippen LogP contribution in [0.15, 0.2) is 0 Å². The third kappa shape index (κ3) is 17.3. The second kappa shape index (κ2) is 18.1. The third-order valence-electron chi connectivity index (χ3n) is 4.27. The molecule has 1 saturated heterocycles. The minimum absolute atomic E-state index is 0.173. The molecule has 2 N–H and O–H groups in total. The predicted octanol–water partition coefficient (Wildman–Crippen LogP) is 3.71. The lowest BCUT2D eigenvalue weighted by Crippen LogP contribution is -2.59. The number of esters is 2. The van der Waals surface area contributed by atoms with Gasteiger partial charge >= 0.3 is 11.9 Å². The molecule has 2 amide bonds. The van der Waals surface area contributed by atoms with Crippen molar-refractivity contribution in [1.82, 2.24) is 20.9 Å². The predicted molar refractivity (Wildman–Crippen MR) is 148 cm³/mol. The quantitative estimate of drug-likeness (QED) is 0.255. The topological polar surface area (TPSA) is 117 Å². The van der Waals surface area contributed by atoms with Crippen LogP contribution < -0.4 is 10.9 Å². The summed E-state index contributed by atoms with van der Waals surface area (Å²) in [7, 11) is 3.64. The Morgan fingerprint density at radius 3 is 1.81 bits per heavy atom. The molecule has 10 nitrogen and oxygen atoms in total. The maximum Gasteiger partial charge on any atom is 0.331 e. The molecule has 0 saturated carbocycles. The van der Waals surface area contributed by atoms with Gasteiger partial charge in [-0.3, -0.25) is 30.2 Å². The van der Waals surface area contributed by atoms with Gasteiger partial charge in [-0.15, -0.1) is 0 Å². The largest absolute Gasteiger partial charge is 0.459 e. The van der Waals surface area contributed by atoms with Crippen LogP contribution in [0.1, 0.15) is 81.1 Å². The Kier molecular flexibility index (Phi) is 18.5. The van der Waals surface area contributed by atoms with Crippen LogP contribution in [0, 0.1) is 0 Å². The van der Waals surface area contributed by atoms with Crippen molar-refractivity contribution in [2.24, 2.45) is 0 Å². The van der Waals surface area contributed by atoms with Gasteiger partial charge in [0.15, 0.2) is 6.04 Å². The first kappa shape index (κ1) is 36.9. The molecular formula is C24H46Br2N4O6. The molecule has 1 fully saturated rings. The highest BCUT2D eigenvalue weighted by molar-refractivity contribution is 9.10. The van der Waals surface area contributed by atoms with Crippen molar-refractivity contribution in [2.75, 3.05) is 26.0 Å². The van der Waals surface area contributed by atoms with Crippen LogP contribution in [-0.4, -0.2) is 81.8 Å². The molecule has 12 heteroatoms. The highest BCUT2D eigenvalue weighted by atomic mass is 79.9. The average Bonchev–Trinajstić information content (AvgIpc) is 2.74. The van der Waals surface area contributed by atoms with Gasteiger partial charge < -0.3 is 9.47 Å². The van der Waals surface area contributed by atoms with Crippen LogP contribution in [0.5, 0.6) is 0 Å². The van der Waals surface area contributed by atoms with E-state index in [-0.39, 0.29) is 22.6 Å². The monoisotopic (exact) mass is 644 g/mol. The van der Waals surface area contributed by atoms with E-state index in [0.717, 1.165) is 18.2 Å². The molecule has 0 radical (unpaired) electrons. The molecule has 0 aromatic heterocycles. The summed E-state index contributed by atoms with van der Waals surface area (Å²) in [6, 6.07) is -0.714. The number of carbonyl (C=O) groups excluding carboxylic acids is 4. The van der Waals surface area contributed by atoms with Gasteiger partial charge in [0, 0.05) is 25.7 Å². The van der Waals surface area contributed by atoms with Gasteiger partial charge in [-0.2, -0.15) is 0 Å². The minimum atomic E-state index is -0.714. The van der Waals surface area contributed by atoms with Crippen LogP contribution in [0.3, 0.4) is 0 Å².